The number of thiazole rings is 1. The average Bonchev–Trinajstić information content (AvgIpc) is 2.97. The van der Waals surface area contributed by atoms with Crippen molar-refractivity contribution in [1.29, 1.82) is 0 Å². The Labute approximate surface area is 162 Å². The Kier molecular flexibility index (Phi) is 5.72. The van der Waals surface area contributed by atoms with E-state index in [0.717, 1.165) is 24.9 Å². The highest BCUT2D eigenvalue weighted by Gasteiger charge is 2.34. The van der Waals surface area contributed by atoms with E-state index in [-0.39, 0.29) is 0 Å². The fourth-order valence-electron chi connectivity index (χ4n) is 4.63. The molecule has 0 saturated carbocycles. The molecular weight excluding hydrogens is 338 g/mol. The van der Waals surface area contributed by atoms with Crippen molar-refractivity contribution < 1.29 is 0 Å². The lowest BCUT2D eigenvalue weighted by Crippen LogP contribution is -2.43. The van der Waals surface area contributed by atoms with Crippen LogP contribution in [0.4, 0.5) is 0 Å². The summed E-state index contributed by atoms with van der Waals surface area (Å²) in [5.74, 6) is 1.54. The third-order valence-corrected chi connectivity index (χ3v) is 6.46. The Morgan fingerprint density at radius 1 is 1.04 bits per heavy atom. The summed E-state index contributed by atoms with van der Waals surface area (Å²) in [4.78, 5) is 9.87. The van der Waals surface area contributed by atoms with Gasteiger partial charge in [0.15, 0.2) is 0 Å². The molecular formula is C22H31N3S. The standard InChI is InChI=1S/C22H31N3S/c1-17(2)9-18-3-5-19(6-4-18)11-25-12-20-7-8-22(25)14-24(10-20)13-21-15-26-16-23-21/h3-6,15-17,20,22H,7-14H2,1-2H3/t20-,22+/m0/s1. The smallest absolute Gasteiger partial charge is 0.0795 e. The summed E-state index contributed by atoms with van der Waals surface area (Å²) < 4.78 is 0. The van der Waals surface area contributed by atoms with Gasteiger partial charge in [-0.15, -0.1) is 11.3 Å². The molecule has 0 radical (unpaired) electrons. The van der Waals surface area contributed by atoms with E-state index in [9.17, 15) is 0 Å². The van der Waals surface area contributed by atoms with Crippen LogP contribution < -0.4 is 0 Å². The minimum absolute atomic E-state index is 0.697. The zero-order valence-electron chi connectivity index (χ0n) is 16.1. The topological polar surface area (TPSA) is 19.4 Å². The van der Waals surface area contributed by atoms with Crippen LogP contribution in [0.25, 0.3) is 0 Å². The molecule has 2 bridgehead atoms. The Bertz CT molecular complexity index is 680. The first-order chi connectivity index (χ1) is 12.7. The Hall–Kier alpha value is -1.23. The molecule has 2 atom stereocenters. The largest absolute Gasteiger partial charge is 0.296 e. The van der Waals surface area contributed by atoms with Crippen LogP contribution >= 0.6 is 11.3 Å². The second-order valence-electron chi connectivity index (χ2n) is 8.61. The normalized spacial score (nSPS) is 24.3. The van der Waals surface area contributed by atoms with Crippen LogP contribution in [0.1, 0.15) is 43.5 Å². The molecule has 4 heterocycles. The molecule has 0 amide bonds. The van der Waals surface area contributed by atoms with Crippen molar-refractivity contribution in [2.45, 2.75) is 52.2 Å². The maximum atomic E-state index is 4.49. The van der Waals surface area contributed by atoms with Crippen molar-refractivity contribution in [2.24, 2.45) is 11.8 Å². The molecule has 3 aliphatic rings. The second kappa shape index (κ2) is 8.20. The fourth-order valence-corrected chi connectivity index (χ4v) is 5.18. The zero-order valence-corrected chi connectivity index (χ0v) is 16.9. The van der Waals surface area contributed by atoms with E-state index < -0.39 is 0 Å². The number of fused-ring (bicyclic) bond motifs is 4. The van der Waals surface area contributed by atoms with Gasteiger partial charge in [0.05, 0.1) is 11.2 Å². The number of hydrogen-bond donors (Lipinski definition) is 0. The summed E-state index contributed by atoms with van der Waals surface area (Å²) in [5.41, 5.74) is 6.13. The molecule has 3 saturated heterocycles. The van der Waals surface area contributed by atoms with Crippen molar-refractivity contribution in [3.05, 3.63) is 52.0 Å². The third-order valence-electron chi connectivity index (χ3n) is 5.82. The average molecular weight is 370 g/mol. The van der Waals surface area contributed by atoms with Gasteiger partial charge in [-0.1, -0.05) is 38.1 Å². The Balaban J connectivity index is 1.38. The first-order valence-electron chi connectivity index (χ1n) is 10.1. The molecule has 1 aromatic heterocycles. The molecule has 0 N–H and O–H groups in total. The van der Waals surface area contributed by atoms with Gasteiger partial charge in [-0.3, -0.25) is 9.80 Å². The second-order valence-corrected chi connectivity index (χ2v) is 9.33. The van der Waals surface area contributed by atoms with Gasteiger partial charge in [-0.25, -0.2) is 4.98 Å². The molecule has 2 aromatic rings. The lowest BCUT2D eigenvalue weighted by atomic mass is 9.94. The zero-order chi connectivity index (χ0) is 17.9. The molecule has 3 fully saturated rings. The SMILES string of the molecule is CC(C)Cc1ccc(CN2C[C@H]3CC[C@@H]2CN(Cc2cscn2)C3)cc1. The summed E-state index contributed by atoms with van der Waals surface area (Å²) in [7, 11) is 0. The number of benzene rings is 1. The molecule has 3 aliphatic heterocycles. The van der Waals surface area contributed by atoms with Gasteiger partial charge < -0.3 is 0 Å². The maximum Gasteiger partial charge on any atom is 0.0795 e. The van der Waals surface area contributed by atoms with Gasteiger partial charge in [0, 0.05) is 44.1 Å². The lowest BCUT2D eigenvalue weighted by molar-refractivity contribution is 0.123. The molecule has 5 rings (SSSR count). The summed E-state index contributed by atoms with van der Waals surface area (Å²) in [6.07, 6.45) is 3.92. The number of rotatable bonds is 6. The molecule has 0 aliphatic carbocycles. The van der Waals surface area contributed by atoms with Crippen molar-refractivity contribution in [3.63, 3.8) is 0 Å². The van der Waals surface area contributed by atoms with Crippen LogP contribution in [0.15, 0.2) is 35.2 Å². The minimum Gasteiger partial charge on any atom is -0.296 e. The van der Waals surface area contributed by atoms with E-state index in [4.69, 9.17) is 0 Å². The number of hydrogen-bond acceptors (Lipinski definition) is 4. The van der Waals surface area contributed by atoms with Crippen LogP contribution in [0.3, 0.4) is 0 Å². The predicted molar refractivity (Wildman–Crippen MR) is 109 cm³/mol. The van der Waals surface area contributed by atoms with E-state index in [1.54, 1.807) is 11.3 Å². The van der Waals surface area contributed by atoms with Gasteiger partial charge in [-0.05, 0) is 42.2 Å². The Morgan fingerprint density at radius 2 is 1.85 bits per heavy atom. The van der Waals surface area contributed by atoms with Crippen molar-refractivity contribution in [1.82, 2.24) is 14.8 Å². The highest BCUT2D eigenvalue weighted by molar-refractivity contribution is 7.07. The van der Waals surface area contributed by atoms with Crippen molar-refractivity contribution in [2.75, 3.05) is 19.6 Å². The van der Waals surface area contributed by atoms with Crippen LogP contribution in [0, 0.1) is 11.8 Å². The quantitative estimate of drug-likeness (QED) is 0.750. The highest BCUT2D eigenvalue weighted by atomic mass is 32.1. The van der Waals surface area contributed by atoms with E-state index >= 15 is 0 Å². The highest BCUT2D eigenvalue weighted by Crippen LogP contribution is 2.30. The van der Waals surface area contributed by atoms with Gasteiger partial charge in [0.25, 0.3) is 0 Å². The van der Waals surface area contributed by atoms with Crippen LogP contribution in [0.5, 0.6) is 0 Å². The first kappa shape index (κ1) is 18.1. The summed E-state index contributed by atoms with van der Waals surface area (Å²) in [5, 5.41) is 2.20. The molecule has 0 unspecified atom stereocenters. The molecule has 26 heavy (non-hydrogen) atoms. The first-order valence-corrected chi connectivity index (χ1v) is 11.0. The van der Waals surface area contributed by atoms with E-state index in [0.29, 0.717) is 6.04 Å². The number of nitrogens with zero attached hydrogens (tertiary/aromatic N) is 3. The monoisotopic (exact) mass is 369 g/mol. The molecule has 1 aromatic carbocycles. The molecule has 3 nitrogen and oxygen atoms in total. The fraction of sp³-hybridized carbons (Fsp3) is 0.591. The van der Waals surface area contributed by atoms with Crippen LogP contribution in [-0.4, -0.2) is 40.5 Å². The van der Waals surface area contributed by atoms with Crippen LogP contribution in [0.2, 0.25) is 0 Å². The Morgan fingerprint density at radius 3 is 2.58 bits per heavy atom. The lowest BCUT2D eigenvalue weighted by Gasteiger charge is -2.36. The number of aromatic nitrogens is 1. The maximum absolute atomic E-state index is 4.49. The molecule has 140 valence electrons. The third kappa shape index (κ3) is 4.54. The minimum atomic E-state index is 0.697. The summed E-state index contributed by atoms with van der Waals surface area (Å²) >= 11 is 1.71. The van der Waals surface area contributed by atoms with E-state index in [2.05, 4.69) is 58.3 Å². The molecule has 0 spiro atoms. The van der Waals surface area contributed by atoms with Crippen LogP contribution in [-0.2, 0) is 19.5 Å². The summed E-state index contributed by atoms with van der Waals surface area (Å²) in [6.45, 7) is 10.4. The van der Waals surface area contributed by atoms with Gasteiger partial charge in [-0.2, -0.15) is 0 Å². The van der Waals surface area contributed by atoms with Crippen molar-refractivity contribution >= 4 is 11.3 Å². The summed E-state index contributed by atoms with van der Waals surface area (Å²) in [6, 6.07) is 10.1. The number of piperidine rings is 1. The van der Waals surface area contributed by atoms with Gasteiger partial charge >= 0.3 is 0 Å². The van der Waals surface area contributed by atoms with Crippen molar-refractivity contribution in [3.8, 4) is 0 Å². The van der Waals surface area contributed by atoms with Gasteiger partial charge in [0.1, 0.15) is 0 Å². The molecule has 4 heteroatoms. The van der Waals surface area contributed by atoms with E-state index in [1.165, 1.54) is 55.7 Å². The van der Waals surface area contributed by atoms with Gasteiger partial charge in [0.2, 0.25) is 0 Å². The van der Waals surface area contributed by atoms with E-state index in [1.807, 2.05) is 5.51 Å². The predicted octanol–water partition coefficient (Wildman–Crippen LogP) is 4.44.